The molecular weight excluding hydrogens is 284 g/mol. The monoisotopic (exact) mass is 300 g/mol. The first-order chi connectivity index (χ1) is 10.6. The molecule has 0 aliphatic heterocycles. The Morgan fingerprint density at radius 2 is 1.77 bits per heavy atom. The number of nitrogens with zero attached hydrogens (tertiary/aromatic N) is 1. The minimum atomic E-state index is -0.531. The van der Waals surface area contributed by atoms with Gasteiger partial charge in [-0.15, -0.1) is 0 Å². The highest BCUT2D eigenvalue weighted by Crippen LogP contribution is 2.19. The number of para-hydroxylation sites is 1. The minimum Gasteiger partial charge on any atom is -0.394 e. The Labute approximate surface area is 127 Å². The Morgan fingerprint density at radius 3 is 2.41 bits per heavy atom. The SMILES string of the molecule is O=C(Cc1ccccc1[N+](=O)[O-])NC(CO)c1ccccc1. The molecule has 1 atom stereocenters. The van der Waals surface area contributed by atoms with E-state index in [1.807, 2.05) is 18.2 Å². The van der Waals surface area contributed by atoms with E-state index in [1.165, 1.54) is 6.07 Å². The number of hydrogen-bond acceptors (Lipinski definition) is 4. The van der Waals surface area contributed by atoms with Crippen LogP contribution in [0.5, 0.6) is 0 Å². The van der Waals surface area contributed by atoms with Crippen LogP contribution in [-0.4, -0.2) is 22.5 Å². The number of hydrogen-bond donors (Lipinski definition) is 2. The molecular formula is C16H16N2O4. The van der Waals surface area contributed by atoms with Gasteiger partial charge in [0.1, 0.15) is 0 Å². The molecule has 2 aromatic carbocycles. The van der Waals surface area contributed by atoms with Crippen LogP contribution in [0.2, 0.25) is 0 Å². The quantitative estimate of drug-likeness (QED) is 0.630. The number of amides is 1. The highest BCUT2D eigenvalue weighted by Gasteiger charge is 2.18. The highest BCUT2D eigenvalue weighted by molar-refractivity contribution is 5.80. The molecule has 0 bridgehead atoms. The van der Waals surface area contributed by atoms with Crippen molar-refractivity contribution in [2.75, 3.05) is 6.61 Å². The highest BCUT2D eigenvalue weighted by atomic mass is 16.6. The summed E-state index contributed by atoms with van der Waals surface area (Å²) in [6.45, 7) is -0.243. The summed E-state index contributed by atoms with van der Waals surface area (Å²) >= 11 is 0. The van der Waals surface area contributed by atoms with Gasteiger partial charge in [0.25, 0.3) is 5.69 Å². The second kappa shape index (κ2) is 7.33. The van der Waals surface area contributed by atoms with Gasteiger partial charge in [-0.2, -0.15) is 0 Å². The summed E-state index contributed by atoms with van der Waals surface area (Å²) in [4.78, 5) is 22.5. The van der Waals surface area contributed by atoms with Gasteiger partial charge >= 0.3 is 0 Å². The van der Waals surface area contributed by atoms with Crippen molar-refractivity contribution in [2.45, 2.75) is 12.5 Å². The minimum absolute atomic E-state index is 0.0853. The van der Waals surface area contributed by atoms with Gasteiger partial charge in [-0.25, -0.2) is 0 Å². The van der Waals surface area contributed by atoms with Crippen LogP contribution in [-0.2, 0) is 11.2 Å². The fourth-order valence-corrected chi connectivity index (χ4v) is 2.18. The molecule has 2 rings (SSSR count). The van der Waals surface area contributed by atoms with Gasteiger partial charge in [-0.3, -0.25) is 14.9 Å². The molecule has 0 saturated heterocycles. The van der Waals surface area contributed by atoms with Gasteiger partial charge in [-0.05, 0) is 5.56 Å². The first kappa shape index (κ1) is 15.7. The predicted octanol–water partition coefficient (Wildman–Crippen LogP) is 1.99. The van der Waals surface area contributed by atoms with Crippen molar-refractivity contribution in [3.8, 4) is 0 Å². The third kappa shape index (κ3) is 3.89. The lowest BCUT2D eigenvalue weighted by atomic mass is 10.1. The number of rotatable bonds is 6. The van der Waals surface area contributed by atoms with E-state index in [0.717, 1.165) is 5.56 Å². The molecule has 114 valence electrons. The number of nitrogens with one attached hydrogen (secondary N) is 1. The summed E-state index contributed by atoms with van der Waals surface area (Å²) in [7, 11) is 0. The molecule has 0 saturated carbocycles. The second-order valence-corrected chi connectivity index (χ2v) is 4.78. The van der Waals surface area contributed by atoms with E-state index >= 15 is 0 Å². The lowest BCUT2D eigenvalue weighted by molar-refractivity contribution is -0.385. The van der Waals surface area contributed by atoms with Crippen LogP contribution >= 0.6 is 0 Å². The Kier molecular flexibility index (Phi) is 5.21. The fourth-order valence-electron chi connectivity index (χ4n) is 2.18. The summed E-state index contributed by atoms with van der Waals surface area (Å²) in [6.07, 6.45) is -0.111. The molecule has 0 radical (unpaired) electrons. The molecule has 0 aliphatic carbocycles. The van der Waals surface area contributed by atoms with Gasteiger partial charge in [0, 0.05) is 11.6 Å². The zero-order chi connectivity index (χ0) is 15.9. The van der Waals surface area contributed by atoms with Gasteiger partial charge in [0.2, 0.25) is 5.91 Å². The van der Waals surface area contributed by atoms with E-state index in [4.69, 9.17) is 0 Å². The van der Waals surface area contributed by atoms with E-state index < -0.39 is 11.0 Å². The lowest BCUT2D eigenvalue weighted by Gasteiger charge is -2.16. The third-order valence-electron chi connectivity index (χ3n) is 3.26. The Hall–Kier alpha value is -2.73. The molecule has 0 aliphatic rings. The fraction of sp³-hybridized carbons (Fsp3) is 0.188. The van der Waals surface area contributed by atoms with Gasteiger partial charge < -0.3 is 10.4 Å². The predicted molar refractivity (Wildman–Crippen MR) is 81.2 cm³/mol. The molecule has 6 heteroatoms. The van der Waals surface area contributed by atoms with Crippen molar-refractivity contribution in [1.82, 2.24) is 5.32 Å². The largest absolute Gasteiger partial charge is 0.394 e. The van der Waals surface area contributed by atoms with Crippen molar-refractivity contribution in [2.24, 2.45) is 0 Å². The molecule has 0 spiro atoms. The molecule has 2 aromatic rings. The van der Waals surface area contributed by atoms with Crippen molar-refractivity contribution in [3.05, 3.63) is 75.8 Å². The van der Waals surface area contributed by atoms with Gasteiger partial charge in [0.05, 0.1) is 24.0 Å². The lowest BCUT2D eigenvalue weighted by Crippen LogP contribution is -2.32. The van der Waals surface area contributed by atoms with Gasteiger partial charge in [-0.1, -0.05) is 48.5 Å². The van der Waals surface area contributed by atoms with Crippen LogP contribution in [0.4, 0.5) is 5.69 Å². The maximum atomic E-state index is 12.1. The number of aliphatic hydroxyl groups excluding tert-OH is 1. The number of carbonyl (C=O) groups is 1. The molecule has 1 unspecified atom stereocenters. The topological polar surface area (TPSA) is 92.5 Å². The Bertz CT molecular complexity index is 658. The molecule has 1 amide bonds. The molecule has 0 heterocycles. The summed E-state index contributed by atoms with van der Waals surface area (Å²) in [5, 5.41) is 23.0. The zero-order valence-corrected chi connectivity index (χ0v) is 11.8. The smallest absolute Gasteiger partial charge is 0.273 e. The van der Waals surface area contributed by atoms with Crippen molar-refractivity contribution < 1.29 is 14.8 Å². The van der Waals surface area contributed by atoms with Crippen LogP contribution in [0.15, 0.2) is 54.6 Å². The standard InChI is InChI=1S/C16H16N2O4/c19-11-14(12-6-2-1-3-7-12)17-16(20)10-13-8-4-5-9-15(13)18(21)22/h1-9,14,19H,10-11H2,(H,17,20). The van der Waals surface area contributed by atoms with Crippen molar-refractivity contribution in [1.29, 1.82) is 0 Å². The molecule has 22 heavy (non-hydrogen) atoms. The first-order valence-electron chi connectivity index (χ1n) is 6.79. The average Bonchev–Trinajstić information content (AvgIpc) is 2.53. The van der Waals surface area contributed by atoms with Crippen molar-refractivity contribution >= 4 is 11.6 Å². The van der Waals surface area contributed by atoms with Crippen LogP contribution < -0.4 is 5.32 Å². The summed E-state index contributed by atoms with van der Waals surface area (Å²) in [5.74, 6) is -0.378. The van der Waals surface area contributed by atoms with Crippen molar-refractivity contribution in [3.63, 3.8) is 0 Å². The summed E-state index contributed by atoms with van der Waals surface area (Å²) < 4.78 is 0. The maximum Gasteiger partial charge on any atom is 0.273 e. The number of nitro benzene ring substituents is 1. The Morgan fingerprint density at radius 1 is 1.14 bits per heavy atom. The van der Waals surface area contributed by atoms with Crippen LogP contribution in [0, 0.1) is 10.1 Å². The molecule has 0 aromatic heterocycles. The molecule has 6 nitrogen and oxygen atoms in total. The summed E-state index contributed by atoms with van der Waals surface area (Å²) in [5.41, 5.74) is 1.04. The number of carbonyl (C=O) groups excluding carboxylic acids is 1. The number of nitro groups is 1. The van der Waals surface area contributed by atoms with E-state index in [2.05, 4.69) is 5.32 Å². The van der Waals surface area contributed by atoms with Crippen LogP contribution in [0.25, 0.3) is 0 Å². The Balaban J connectivity index is 2.08. The number of aliphatic hydroxyl groups is 1. The van der Waals surface area contributed by atoms with E-state index in [9.17, 15) is 20.0 Å². The normalized spacial score (nSPS) is 11.7. The second-order valence-electron chi connectivity index (χ2n) is 4.78. The van der Waals surface area contributed by atoms with E-state index in [1.54, 1.807) is 30.3 Å². The molecule has 0 fully saturated rings. The zero-order valence-electron chi connectivity index (χ0n) is 11.8. The van der Waals surface area contributed by atoms with E-state index in [-0.39, 0.29) is 24.6 Å². The number of benzene rings is 2. The van der Waals surface area contributed by atoms with Gasteiger partial charge in [0.15, 0.2) is 0 Å². The first-order valence-corrected chi connectivity index (χ1v) is 6.79. The average molecular weight is 300 g/mol. The summed E-state index contributed by atoms with van der Waals surface area (Å²) in [6, 6.07) is 14.6. The van der Waals surface area contributed by atoms with Crippen LogP contribution in [0.1, 0.15) is 17.2 Å². The third-order valence-corrected chi connectivity index (χ3v) is 3.26. The maximum absolute atomic E-state index is 12.1. The van der Waals surface area contributed by atoms with Crippen LogP contribution in [0.3, 0.4) is 0 Å². The van der Waals surface area contributed by atoms with E-state index in [0.29, 0.717) is 5.56 Å². The molecule has 2 N–H and O–H groups in total.